The zero-order valence-corrected chi connectivity index (χ0v) is 14.8. The topological polar surface area (TPSA) is 63.7 Å². The van der Waals surface area contributed by atoms with Crippen LogP contribution in [0.5, 0.6) is 11.5 Å². The van der Waals surface area contributed by atoms with Crippen LogP contribution in [-0.2, 0) is 0 Å². The molecule has 7 heteroatoms. The van der Waals surface area contributed by atoms with E-state index in [0.717, 1.165) is 11.3 Å². The van der Waals surface area contributed by atoms with Crippen molar-refractivity contribution in [1.82, 2.24) is 4.98 Å². The van der Waals surface area contributed by atoms with Gasteiger partial charge in [-0.15, -0.1) is 0 Å². The third kappa shape index (κ3) is 2.57. The number of nitrogens with one attached hydrogen (secondary N) is 1. The minimum Gasteiger partial charge on any atom is -0.454 e. The molecular weight excluding hydrogens is 366 g/mol. The van der Waals surface area contributed by atoms with E-state index >= 15 is 0 Å². The lowest BCUT2D eigenvalue weighted by atomic mass is 10.0. The van der Waals surface area contributed by atoms with Crippen LogP contribution in [0.15, 0.2) is 60.8 Å². The number of ether oxygens (including phenoxy) is 2. The van der Waals surface area contributed by atoms with Gasteiger partial charge in [0.15, 0.2) is 11.5 Å². The van der Waals surface area contributed by atoms with Crippen molar-refractivity contribution in [2.24, 2.45) is 0 Å². The lowest BCUT2D eigenvalue weighted by Crippen LogP contribution is -2.43. The predicted molar refractivity (Wildman–Crippen MR) is 101 cm³/mol. The molecular formula is C20H14ClN3O3. The number of aromatic nitrogens is 1. The van der Waals surface area contributed by atoms with Gasteiger partial charge < -0.3 is 14.8 Å². The van der Waals surface area contributed by atoms with Gasteiger partial charge in [-0.25, -0.2) is 4.98 Å². The summed E-state index contributed by atoms with van der Waals surface area (Å²) >= 11 is 5.98. The third-order valence-electron chi connectivity index (χ3n) is 4.61. The molecule has 1 aromatic heterocycles. The van der Waals surface area contributed by atoms with Gasteiger partial charge >= 0.3 is 0 Å². The first-order chi connectivity index (χ1) is 13.2. The van der Waals surface area contributed by atoms with Crippen LogP contribution in [0.3, 0.4) is 0 Å². The summed E-state index contributed by atoms with van der Waals surface area (Å²) < 4.78 is 11.2. The second-order valence-corrected chi connectivity index (χ2v) is 6.62. The quantitative estimate of drug-likeness (QED) is 0.721. The van der Waals surface area contributed by atoms with Crippen LogP contribution in [-0.4, -0.2) is 17.7 Å². The molecule has 5 rings (SSSR count). The molecule has 134 valence electrons. The highest BCUT2D eigenvalue weighted by Gasteiger charge is 2.37. The number of rotatable bonds is 2. The van der Waals surface area contributed by atoms with Crippen LogP contribution in [0.2, 0.25) is 5.02 Å². The Morgan fingerprint density at radius 3 is 2.81 bits per heavy atom. The fraction of sp³-hybridized carbons (Fsp3) is 0.100. The Labute approximate surface area is 160 Å². The van der Waals surface area contributed by atoms with E-state index in [1.54, 1.807) is 23.1 Å². The van der Waals surface area contributed by atoms with Crippen LogP contribution in [0, 0.1) is 0 Å². The Hall–Kier alpha value is -3.25. The van der Waals surface area contributed by atoms with Crippen LogP contribution < -0.4 is 19.7 Å². The highest BCUT2D eigenvalue weighted by atomic mass is 35.5. The molecule has 1 amide bonds. The fourth-order valence-electron chi connectivity index (χ4n) is 3.39. The van der Waals surface area contributed by atoms with E-state index in [-0.39, 0.29) is 12.7 Å². The zero-order valence-electron chi connectivity index (χ0n) is 14.1. The molecule has 27 heavy (non-hydrogen) atoms. The number of para-hydroxylation sites is 2. The van der Waals surface area contributed by atoms with E-state index < -0.39 is 6.17 Å². The molecule has 0 unspecified atom stereocenters. The lowest BCUT2D eigenvalue weighted by Gasteiger charge is -2.37. The zero-order chi connectivity index (χ0) is 18.4. The highest BCUT2D eigenvalue weighted by molar-refractivity contribution is 6.30. The summed E-state index contributed by atoms with van der Waals surface area (Å²) in [4.78, 5) is 19.3. The van der Waals surface area contributed by atoms with Gasteiger partial charge in [-0.3, -0.25) is 9.69 Å². The number of carbonyl (C=O) groups excluding carboxylic acids is 1. The normalized spacial score (nSPS) is 17.4. The predicted octanol–water partition coefficient (Wildman–Crippen LogP) is 4.23. The number of halogens is 1. The second-order valence-electron chi connectivity index (χ2n) is 6.18. The van der Waals surface area contributed by atoms with Gasteiger partial charge in [-0.1, -0.05) is 35.9 Å². The van der Waals surface area contributed by atoms with Crippen molar-refractivity contribution in [3.8, 4) is 11.5 Å². The van der Waals surface area contributed by atoms with Crippen LogP contribution in [0.1, 0.15) is 22.1 Å². The van der Waals surface area contributed by atoms with Crippen molar-refractivity contribution in [2.75, 3.05) is 17.0 Å². The summed E-state index contributed by atoms with van der Waals surface area (Å²) in [6, 6.07) is 16.5. The van der Waals surface area contributed by atoms with Gasteiger partial charge in [0.05, 0.1) is 10.6 Å². The summed E-state index contributed by atoms with van der Waals surface area (Å²) in [5.74, 6) is 1.62. The monoisotopic (exact) mass is 379 g/mol. The molecule has 0 saturated heterocycles. The molecule has 1 atom stereocenters. The minimum atomic E-state index is -0.502. The first-order valence-corrected chi connectivity index (χ1v) is 8.79. The van der Waals surface area contributed by atoms with Gasteiger partial charge in [-0.2, -0.15) is 0 Å². The first kappa shape index (κ1) is 16.0. The van der Waals surface area contributed by atoms with E-state index in [9.17, 15) is 4.79 Å². The Morgan fingerprint density at radius 1 is 1.07 bits per heavy atom. The van der Waals surface area contributed by atoms with Gasteiger partial charge in [-0.05, 0) is 30.3 Å². The molecule has 2 aromatic carbocycles. The van der Waals surface area contributed by atoms with Crippen molar-refractivity contribution in [1.29, 1.82) is 0 Å². The van der Waals surface area contributed by atoms with E-state index in [1.165, 1.54) is 6.20 Å². The molecule has 2 aliphatic rings. The summed E-state index contributed by atoms with van der Waals surface area (Å²) in [6.45, 7) is 0.156. The molecule has 6 nitrogen and oxygen atoms in total. The Balaban J connectivity index is 1.69. The SMILES string of the molecule is O=C1c2ccccc2N[C@H](c2cccc3c2OCO3)N1c1ccc(Cl)cn1. The molecule has 0 saturated carbocycles. The molecule has 0 bridgehead atoms. The van der Waals surface area contributed by atoms with Gasteiger partial charge in [0.2, 0.25) is 6.79 Å². The van der Waals surface area contributed by atoms with Gasteiger partial charge in [0, 0.05) is 17.4 Å². The number of amides is 1. The summed E-state index contributed by atoms with van der Waals surface area (Å²) in [5.41, 5.74) is 2.13. The molecule has 0 spiro atoms. The van der Waals surface area contributed by atoms with Crippen LogP contribution in [0.4, 0.5) is 11.5 Å². The number of fused-ring (bicyclic) bond motifs is 2. The van der Waals surface area contributed by atoms with Crippen LogP contribution >= 0.6 is 11.6 Å². The number of carbonyl (C=O) groups is 1. The molecule has 0 fully saturated rings. The van der Waals surface area contributed by atoms with Gasteiger partial charge in [0.1, 0.15) is 12.0 Å². The molecule has 1 N–H and O–H groups in total. The fourth-order valence-corrected chi connectivity index (χ4v) is 3.50. The smallest absolute Gasteiger partial charge is 0.263 e. The Morgan fingerprint density at radius 2 is 1.96 bits per heavy atom. The van der Waals surface area contributed by atoms with Crippen molar-refractivity contribution < 1.29 is 14.3 Å². The number of anilines is 2. The minimum absolute atomic E-state index is 0.152. The lowest BCUT2D eigenvalue weighted by molar-refractivity contribution is 0.0973. The maximum absolute atomic E-state index is 13.3. The number of pyridine rings is 1. The molecule has 3 heterocycles. The standard InChI is InChI=1S/C20H14ClN3O3/c21-12-8-9-17(22-10-12)24-19(14-5-3-7-16-18(14)27-11-26-16)23-15-6-2-1-4-13(15)20(24)25/h1-10,19,23H,11H2/t19-/m0/s1. The van der Waals surface area contributed by atoms with Crippen LogP contribution in [0.25, 0.3) is 0 Å². The number of nitrogens with zero attached hydrogens (tertiary/aromatic N) is 2. The first-order valence-electron chi connectivity index (χ1n) is 8.41. The average Bonchev–Trinajstić information content (AvgIpc) is 3.18. The van der Waals surface area contributed by atoms with Crippen molar-refractivity contribution in [3.05, 3.63) is 76.9 Å². The molecule has 2 aliphatic heterocycles. The van der Waals surface area contributed by atoms with E-state index in [1.807, 2.05) is 36.4 Å². The van der Waals surface area contributed by atoms with Gasteiger partial charge in [0.25, 0.3) is 5.91 Å². The number of hydrogen-bond donors (Lipinski definition) is 1. The second kappa shape index (κ2) is 6.17. The summed E-state index contributed by atoms with van der Waals surface area (Å²) in [7, 11) is 0. The Bertz CT molecular complexity index is 1040. The maximum Gasteiger partial charge on any atom is 0.263 e. The van der Waals surface area contributed by atoms with Crippen molar-refractivity contribution in [3.63, 3.8) is 0 Å². The summed E-state index contributed by atoms with van der Waals surface area (Å²) in [5, 5.41) is 3.94. The molecule has 0 aliphatic carbocycles. The summed E-state index contributed by atoms with van der Waals surface area (Å²) in [6.07, 6.45) is 1.02. The Kier molecular flexibility index (Phi) is 3.65. The van der Waals surface area contributed by atoms with E-state index in [4.69, 9.17) is 21.1 Å². The van der Waals surface area contributed by atoms with E-state index in [0.29, 0.717) is 27.9 Å². The largest absolute Gasteiger partial charge is 0.454 e. The van der Waals surface area contributed by atoms with Crippen molar-refractivity contribution >= 4 is 29.0 Å². The third-order valence-corrected chi connectivity index (χ3v) is 4.83. The van der Waals surface area contributed by atoms with Crippen molar-refractivity contribution in [2.45, 2.75) is 6.17 Å². The van der Waals surface area contributed by atoms with E-state index in [2.05, 4.69) is 10.3 Å². The maximum atomic E-state index is 13.3. The molecule has 0 radical (unpaired) electrons. The number of benzene rings is 2. The number of hydrogen-bond acceptors (Lipinski definition) is 5. The molecule has 3 aromatic rings. The average molecular weight is 380 g/mol. The highest BCUT2D eigenvalue weighted by Crippen LogP contribution is 2.44.